The fourth-order valence-electron chi connectivity index (χ4n) is 3.61. The molecule has 2 aliphatic heterocycles. The second kappa shape index (κ2) is 10.7. The highest BCUT2D eigenvalue weighted by atomic mass is 16.5. The van der Waals surface area contributed by atoms with E-state index in [1.807, 2.05) is 13.8 Å². The molecule has 0 unspecified atom stereocenters. The van der Waals surface area contributed by atoms with Crippen molar-refractivity contribution in [3.8, 4) is 5.75 Å². The van der Waals surface area contributed by atoms with E-state index in [1.54, 1.807) is 0 Å². The molecule has 1 saturated heterocycles. The van der Waals surface area contributed by atoms with Gasteiger partial charge in [-0.15, -0.1) is 0 Å². The van der Waals surface area contributed by atoms with Gasteiger partial charge in [-0.1, -0.05) is 33.3 Å². The number of piperidine rings is 1. The second-order valence-electron chi connectivity index (χ2n) is 6.65. The second-order valence-corrected chi connectivity index (χ2v) is 6.65. The molecule has 0 atom stereocenters. The fourth-order valence-corrected chi connectivity index (χ4v) is 3.61. The van der Waals surface area contributed by atoms with Crippen molar-refractivity contribution in [1.29, 1.82) is 0 Å². The molecule has 24 heavy (non-hydrogen) atoms. The average Bonchev–Trinajstić information content (AvgIpc) is 2.67. The van der Waals surface area contributed by atoms with Gasteiger partial charge in [0.05, 0.1) is 6.61 Å². The minimum atomic E-state index is 0.844. The largest absolute Gasteiger partial charge is 0.494 e. The summed E-state index contributed by atoms with van der Waals surface area (Å²) in [6.45, 7) is 14.3. The van der Waals surface area contributed by atoms with Crippen LogP contribution >= 0.6 is 0 Å². The molecule has 136 valence electrons. The van der Waals surface area contributed by atoms with Gasteiger partial charge in [0.25, 0.3) is 0 Å². The number of fused-ring (bicyclic) bond motifs is 1. The first-order valence-corrected chi connectivity index (χ1v) is 10.0. The number of ether oxygens (including phenoxy) is 1. The Hall–Kier alpha value is -1.06. The summed E-state index contributed by atoms with van der Waals surface area (Å²) in [4.78, 5) is 5.08. The molecule has 2 aliphatic rings. The first kappa shape index (κ1) is 19.3. The lowest BCUT2D eigenvalue weighted by Crippen LogP contribution is -2.31. The lowest BCUT2D eigenvalue weighted by molar-refractivity contribution is 0.204. The minimum absolute atomic E-state index is 0.844. The standard InChI is InChI=1S/C19H30N2O.C2H6/c1-2-20-13-9-17-15-19(8-7-18(17)16-20)22-14-6-12-21-10-4-3-5-11-21;1-2/h7-8,15H,2-6,9-14,16H2,1H3;1-2H3. The molecular weight excluding hydrogens is 296 g/mol. The molecular formula is C21H36N2O. The molecule has 2 heterocycles. The third kappa shape index (κ3) is 5.78. The highest BCUT2D eigenvalue weighted by Crippen LogP contribution is 2.23. The summed E-state index contributed by atoms with van der Waals surface area (Å²) in [7, 11) is 0. The van der Waals surface area contributed by atoms with E-state index in [0.717, 1.165) is 38.3 Å². The van der Waals surface area contributed by atoms with Crippen LogP contribution in [0, 0.1) is 0 Å². The third-order valence-electron chi connectivity index (χ3n) is 5.05. The maximum absolute atomic E-state index is 5.98. The van der Waals surface area contributed by atoms with Crippen molar-refractivity contribution in [2.24, 2.45) is 0 Å². The van der Waals surface area contributed by atoms with E-state index in [0.29, 0.717) is 0 Å². The zero-order chi connectivity index (χ0) is 17.2. The van der Waals surface area contributed by atoms with Gasteiger partial charge >= 0.3 is 0 Å². The number of hydrogen-bond acceptors (Lipinski definition) is 3. The number of likely N-dealkylation sites (tertiary alicyclic amines) is 1. The Bertz CT molecular complexity index is 469. The van der Waals surface area contributed by atoms with Crippen LogP contribution in [0.3, 0.4) is 0 Å². The normalized spacial score (nSPS) is 18.5. The van der Waals surface area contributed by atoms with Crippen LogP contribution in [0.5, 0.6) is 5.75 Å². The van der Waals surface area contributed by atoms with E-state index < -0.39 is 0 Å². The first-order chi connectivity index (χ1) is 11.8. The van der Waals surface area contributed by atoms with Crippen LogP contribution in [-0.2, 0) is 13.0 Å². The van der Waals surface area contributed by atoms with Crippen LogP contribution < -0.4 is 4.74 Å². The molecule has 0 bridgehead atoms. The predicted molar refractivity (Wildman–Crippen MR) is 103 cm³/mol. The maximum Gasteiger partial charge on any atom is 0.119 e. The van der Waals surface area contributed by atoms with Gasteiger partial charge in [-0.25, -0.2) is 0 Å². The van der Waals surface area contributed by atoms with Crippen molar-refractivity contribution in [3.05, 3.63) is 29.3 Å². The molecule has 0 aromatic heterocycles. The quantitative estimate of drug-likeness (QED) is 0.721. The maximum atomic E-state index is 5.98. The average molecular weight is 333 g/mol. The van der Waals surface area contributed by atoms with Crippen molar-refractivity contribution < 1.29 is 4.74 Å². The van der Waals surface area contributed by atoms with E-state index >= 15 is 0 Å². The molecule has 1 aromatic rings. The van der Waals surface area contributed by atoms with Gasteiger partial charge < -0.3 is 9.64 Å². The van der Waals surface area contributed by atoms with Gasteiger partial charge in [-0.3, -0.25) is 4.90 Å². The number of hydrogen-bond donors (Lipinski definition) is 0. The zero-order valence-electron chi connectivity index (χ0n) is 16.0. The van der Waals surface area contributed by atoms with Gasteiger partial charge in [0, 0.05) is 19.6 Å². The zero-order valence-corrected chi connectivity index (χ0v) is 16.0. The SMILES string of the molecule is CC.CCN1CCc2cc(OCCCN3CCCCC3)ccc2C1. The van der Waals surface area contributed by atoms with E-state index in [1.165, 1.54) is 56.6 Å². The molecule has 0 amide bonds. The van der Waals surface area contributed by atoms with Crippen molar-refractivity contribution in [3.63, 3.8) is 0 Å². The molecule has 3 nitrogen and oxygen atoms in total. The molecule has 1 aromatic carbocycles. The number of likely N-dealkylation sites (N-methyl/N-ethyl adjacent to an activating group) is 1. The Morgan fingerprint density at radius 1 is 0.958 bits per heavy atom. The smallest absolute Gasteiger partial charge is 0.119 e. The summed E-state index contributed by atoms with van der Waals surface area (Å²) < 4.78 is 5.98. The van der Waals surface area contributed by atoms with Crippen LogP contribution in [0.1, 0.15) is 57.6 Å². The van der Waals surface area contributed by atoms with Crippen LogP contribution in [-0.4, -0.2) is 49.1 Å². The molecule has 0 N–H and O–H groups in total. The summed E-state index contributed by atoms with van der Waals surface area (Å²) in [5.74, 6) is 1.06. The van der Waals surface area contributed by atoms with E-state index in [-0.39, 0.29) is 0 Å². The van der Waals surface area contributed by atoms with Crippen molar-refractivity contribution in [2.45, 2.75) is 59.4 Å². The Morgan fingerprint density at radius 3 is 2.50 bits per heavy atom. The van der Waals surface area contributed by atoms with Gasteiger partial charge in [0.1, 0.15) is 5.75 Å². The predicted octanol–water partition coefficient (Wildman–Crippen LogP) is 4.35. The van der Waals surface area contributed by atoms with E-state index in [4.69, 9.17) is 4.74 Å². The highest BCUT2D eigenvalue weighted by Gasteiger charge is 2.15. The third-order valence-corrected chi connectivity index (χ3v) is 5.05. The monoisotopic (exact) mass is 332 g/mol. The summed E-state index contributed by atoms with van der Waals surface area (Å²) in [6, 6.07) is 6.68. The summed E-state index contributed by atoms with van der Waals surface area (Å²) in [5.41, 5.74) is 2.96. The molecule has 1 fully saturated rings. The van der Waals surface area contributed by atoms with Gasteiger partial charge in [-0.05, 0) is 68.6 Å². The fraction of sp³-hybridized carbons (Fsp3) is 0.714. The lowest BCUT2D eigenvalue weighted by Gasteiger charge is -2.28. The Morgan fingerprint density at radius 2 is 1.75 bits per heavy atom. The van der Waals surface area contributed by atoms with Crippen LogP contribution in [0.25, 0.3) is 0 Å². The van der Waals surface area contributed by atoms with Gasteiger partial charge in [0.15, 0.2) is 0 Å². The molecule has 0 saturated carbocycles. The molecule has 3 rings (SSSR count). The van der Waals surface area contributed by atoms with E-state index in [2.05, 4.69) is 34.9 Å². The van der Waals surface area contributed by atoms with Crippen molar-refractivity contribution >= 4 is 0 Å². The number of benzene rings is 1. The van der Waals surface area contributed by atoms with Crippen molar-refractivity contribution in [2.75, 3.05) is 39.3 Å². The van der Waals surface area contributed by atoms with Crippen molar-refractivity contribution in [1.82, 2.24) is 9.80 Å². The Balaban J connectivity index is 0.00000100. The lowest BCUT2D eigenvalue weighted by atomic mass is 9.99. The Labute approximate surface area is 149 Å². The first-order valence-electron chi connectivity index (χ1n) is 10.0. The Kier molecular flexibility index (Phi) is 8.62. The molecule has 0 spiro atoms. The summed E-state index contributed by atoms with van der Waals surface area (Å²) >= 11 is 0. The molecule has 3 heteroatoms. The minimum Gasteiger partial charge on any atom is -0.494 e. The number of rotatable bonds is 6. The van der Waals surface area contributed by atoms with Crippen LogP contribution in [0.4, 0.5) is 0 Å². The molecule has 0 radical (unpaired) electrons. The van der Waals surface area contributed by atoms with Gasteiger partial charge in [0.2, 0.25) is 0 Å². The summed E-state index contributed by atoms with van der Waals surface area (Å²) in [5, 5.41) is 0. The van der Waals surface area contributed by atoms with Crippen LogP contribution in [0.2, 0.25) is 0 Å². The highest BCUT2D eigenvalue weighted by molar-refractivity contribution is 5.37. The topological polar surface area (TPSA) is 15.7 Å². The van der Waals surface area contributed by atoms with E-state index in [9.17, 15) is 0 Å². The summed E-state index contributed by atoms with van der Waals surface area (Å²) in [6.07, 6.45) is 6.47. The van der Waals surface area contributed by atoms with Crippen LogP contribution in [0.15, 0.2) is 18.2 Å². The number of nitrogens with zero attached hydrogens (tertiary/aromatic N) is 2. The molecule has 0 aliphatic carbocycles. The van der Waals surface area contributed by atoms with Gasteiger partial charge in [-0.2, -0.15) is 0 Å².